The Hall–Kier alpha value is -1.54. The van der Waals surface area contributed by atoms with Crippen LogP contribution in [0, 0.1) is 5.41 Å². The molecule has 0 atom stereocenters. The number of allylic oxidation sites excluding steroid dienone is 1. The molecule has 0 fully saturated rings. The fourth-order valence-corrected chi connectivity index (χ4v) is 1.85. The smallest absolute Gasteiger partial charge is 0.323 e. The van der Waals surface area contributed by atoms with Crippen LogP contribution in [-0.2, 0) is 19.1 Å². The summed E-state index contributed by atoms with van der Waals surface area (Å²) in [6.07, 6.45) is 5.85. The summed E-state index contributed by atoms with van der Waals surface area (Å²) >= 11 is 0. The second-order valence-corrected chi connectivity index (χ2v) is 3.74. The molecule has 0 aromatic carbocycles. The third-order valence-electron chi connectivity index (χ3n) is 2.79. The van der Waals surface area contributed by atoms with Gasteiger partial charge < -0.3 is 9.47 Å². The van der Waals surface area contributed by atoms with Crippen LogP contribution in [0.15, 0.2) is 17.9 Å². The number of esters is 2. The number of hydrogen-bond acceptors (Lipinski definition) is 4. The van der Waals surface area contributed by atoms with E-state index in [-0.39, 0.29) is 6.42 Å². The Kier molecular flexibility index (Phi) is 4.32. The van der Waals surface area contributed by atoms with Crippen molar-refractivity contribution in [2.75, 3.05) is 14.2 Å². The maximum Gasteiger partial charge on any atom is 0.323 e. The van der Waals surface area contributed by atoms with E-state index in [1.807, 2.05) is 6.08 Å². The number of rotatable bonds is 2. The Morgan fingerprint density at radius 1 is 1.19 bits per heavy atom. The first-order chi connectivity index (χ1) is 7.67. The van der Waals surface area contributed by atoms with Crippen molar-refractivity contribution in [3.8, 4) is 0 Å². The van der Waals surface area contributed by atoms with Crippen molar-refractivity contribution in [2.24, 2.45) is 5.41 Å². The van der Waals surface area contributed by atoms with Gasteiger partial charge in [0, 0.05) is 0 Å². The van der Waals surface area contributed by atoms with E-state index in [0.29, 0.717) is 6.42 Å². The van der Waals surface area contributed by atoms with Crippen LogP contribution in [0.5, 0.6) is 0 Å². The molecular formula is C12H16O4. The SMILES string of the molecule is COC(=O)C1(C(=O)OC)CC=C=CCCC1. The van der Waals surface area contributed by atoms with Crippen LogP contribution in [-0.4, -0.2) is 26.2 Å². The van der Waals surface area contributed by atoms with Gasteiger partial charge in [0.05, 0.1) is 14.2 Å². The number of methoxy groups -OCH3 is 2. The molecule has 4 nitrogen and oxygen atoms in total. The maximum absolute atomic E-state index is 11.8. The molecule has 0 N–H and O–H groups in total. The van der Waals surface area contributed by atoms with Crippen LogP contribution in [0.4, 0.5) is 0 Å². The molecule has 1 aliphatic rings. The lowest BCUT2D eigenvalue weighted by Crippen LogP contribution is -2.41. The predicted molar refractivity (Wildman–Crippen MR) is 57.6 cm³/mol. The van der Waals surface area contributed by atoms with Crippen molar-refractivity contribution >= 4 is 11.9 Å². The Labute approximate surface area is 94.9 Å². The molecule has 0 aromatic rings. The lowest BCUT2D eigenvalue weighted by atomic mass is 9.79. The minimum Gasteiger partial charge on any atom is -0.468 e. The standard InChI is InChI=1S/C12H16O4/c1-15-10(13)12(11(14)16-2)8-6-4-3-5-7-9-12/h3,7H,4,6,8-9H2,1-2H3. The Bertz CT molecular complexity index is 321. The molecule has 0 saturated carbocycles. The van der Waals surface area contributed by atoms with Crippen LogP contribution in [0.1, 0.15) is 25.7 Å². The fourth-order valence-electron chi connectivity index (χ4n) is 1.85. The highest BCUT2D eigenvalue weighted by molar-refractivity contribution is 6.00. The zero-order valence-electron chi connectivity index (χ0n) is 9.62. The van der Waals surface area contributed by atoms with Gasteiger partial charge >= 0.3 is 11.9 Å². The molecule has 0 radical (unpaired) electrons. The van der Waals surface area contributed by atoms with Gasteiger partial charge in [-0.3, -0.25) is 9.59 Å². The van der Waals surface area contributed by atoms with Crippen molar-refractivity contribution in [3.05, 3.63) is 17.9 Å². The molecule has 1 aliphatic carbocycles. The summed E-state index contributed by atoms with van der Waals surface area (Å²) in [4.78, 5) is 23.5. The van der Waals surface area contributed by atoms with Crippen molar-refractivity contribution in [1.29, 1.82) is 0 Å². The molecule has 0 spiro atoms. The first kappa shape index (κ1) is 12.5. The van der Waals surface area contributed by atoms with Gasteiger partial charge in [0.2, 0.25) is 0 Å². The summed E-state index contributed by atoms with van der Waals surface area (Å²) in [7, 11) is 2.57. The zero-order valence-corrected chi connectivity index (χ0v) is 9.62. The average molecular weight is 224 g/mol. The molecule has 0 saturated heterocycles. The van der Waals surface area contributed by atoms with Crippen LogP contribution in [0.3, 0.4) is 0 Å². The average Bonchev–Trinajstić information content (AvgIpc) is 2.27. The zero-order chi connectivity index (χ0) is 12.0. The van der Waals surface area contributed by atoms with E-state index in [9.17, 15) is 9.59 Å². The molecule has 1 rings (SSSR count). The van der Waals surface area contributed by atoms with Crippen molar-refractivity contribution in [2.45, 2.75) is 25.7 Å². The molecule has 16 heavy (non-hydrogen) atoms. The topological polar surface area (TPSA) is 52.6 Å². The van der Waals surface area contributed by atoms with E-state index in [2.05, 4.69) is 5.73 Å². The molecule has 0 aromatic heterocycles. The van der Waals surface area contributed by atoms with Gasteiger partial charge in [0.25, 0.3) is 0 Å². The highest BCUT2D eigenvalue weighted by Gasteiger charge is 2.47. The minimum absolute atomic E-state index is 0.281. The van der Waals surface area contributed by atoms with Crippen molar-refractivity contribution in [3.63, 3.8) is 0 Å². The van der Waals surface area contributed by atoms with Crippen LogP contribution >= 0.6 is 0 Å². The number of carbonyl (C=O) groups is 2. The van der Waals surface area contributed by atoms with Gasteiger partial charge in [-0.05, 0) is 37.8 Å². The molecular weight excluding hydrogens is 208 g/mol. The largest absolute Gasteiger partial charge is 0.468 e. The first-order valence-electron chi connectivity index (χ1n) is 5.23. The van der Waals surface area contributed by atoms with Gasteiger partial charge in [-0.2, -0.15) is 0 Å². The van der Waals surface area contributed by atoms with E-state index in [1.54, 1.807) is 6.08 Å². The highest BCUT2D eigenvalue weighted by atomic mass is 16.5. The number of hydrogen-bond donors (Lipinski definition) is 0. The first-order valence-corrected chi connectivity index (χ1v) is 5.23. The summed E-state index contributed by atoms with van der Waals surface area (Å²) < 4.78 is 9.43. The minimum atomic E-state index is -1.19. The monoisotopic (exact) mass is 224 g/mol. The molecule has 0 heterocycles. The Morgan fingerprint density at radius 3 is 2.38 bits per heavy atom. The molecule has 88 valence electrons. The molecule has 0 amide bonds. The van der Waals surface area contributed by atoms with E-state index in [1.165, 1.54) is 14.2 Å². The summed E-state index contributed by atoms with van der Waals surface area (Å²) in [5, 5.41) is 0. The second kappa shape index (κ2) is 5.52. The van der Waals surface area contributed by atoms with E-state index < -0.39 is 17.4 Å². The molecule has 4 heteroatoms. The van der Waals surface area contributed by atoms with Crippen LogP contribution < -0.4 is 0 Å². The number of ether oxygens (including phenoxy) is 2. The van der Waals surface area contributed by atoms with Gasteiger partial charge in [0.15, 0.2) is 5.41 Å². The predicted octanol–water partition coefficient (Wildman–Crippen LogP) is 1.60. The van der Waals surface area contributed by atoms with Crippen LogP contribution in [0.2, 0.25) is 0 Å². The van der Waals surface area contributed by atoms with Gasteiger partial charge in [-0.25, -0.2) is 0 Å². The lowest BCUT2D eigenvalue weighted by Gasteiger charge is -2.27. The molecule has 0 unspecified atom stereocenters. The molecule has 0 bridgehead atoms. The van der Waals surface area contributed by atoms with Crippen molar-refractivity contribution in [1.82, 2.24) is 0 Å². The van der Waals surface area contributed by atoms with E-state index in [4.69, 9.17) is 9.47 Å². The number of carbonyl (C=O) groups excluding carboxylic acids is 2. The van der Waals surface area contributed by atoms with E-state index >= 15 is 0 Å². The quantitative estimate of drug-likeness (QED) is 0.406. The van der Waals surface area contributed by atoms with Gasteiger partial charge in [0.1, 0.15) is 0 Å². The van der Waals surface area contributed by atoms with Gasteiger partial charge in [-0.15, -0.1) is 5.73 Å². The highest BCUT2D eigenvalue weighted by Crippen LogP contribution is 2.33. The Morgan fingerprint density at radius 2 is 1.81 bits per heavy atom. The normalized spacial score (nSPS) is 18.4. The summed E-state index contributed by atoms with van der Waals surface area (Å²) in [6, 6.07) is 0. The third-order valence-corrected chi connectivity index (χ3v) is 2.79. The maximum atomic E-state index is 11.8. The summed E-state index contributed by atoms with van der Waals surface area (Å²) in [6.45, 7) is 0. The van der Waals surface area contributed by atoms with Gasteiger partial charge in [-0.1, -0.05) is 0 Å². The van der Waals surface area contributed by atoms with Crippen molar-refractivity contribution < 1.29 is 19.1 Å². The molecule has 0 aliphatic heterocycles. The third kappa shape index (κ3) is 2.34. The lowest BCUT2D eigenvalue weighted by molar-refractivity contribution is -0.169. The van der Waals surface area contributed by atoms with E-state index in [0.717, 1.165) is 12.8 Å². The Balaban J connectivity index is 3.06. The van der Waals surface area contributed by atoms with Crippen LogP contribution in [0.25, 0.3) is 0 Å². The summed E-state index contributed by atoms with van der Waals surface area (Å²) in [5.74, 6) is -1.06. The summed E-state index contributed by atoms with van der Waals surface area (Å²) in [5.41, 5.74) is 1.74. The fraction of sp³-hybridized carbons (Fsp3) is 0.583. The second-order valence-electron chi connectivity index (χ2n) is 3.74.